The summed E-state index contributed by atoms with van der Waals surface area (Å²) in [5.74, 6) is -0.0530. The van der Waals surface area contributed by atoms with Crippen molar-refractivity contribution in [3.05, 3.63) is 35.9 Å². The minimum absolute atomic E-state index is 0.0530. The molecule has 0 bridgehead atoms. The number of likely N-dealkylation sites (tertiary alicyclic amines) is 1. The van der Waals surface area contributed by atoms with Gasteiger partial charge in [0.2, 0.25) is 10.0 Å². The Kier molecular flexibility index (Phi) is 7.43. The van der Waals surface area contributed by atoms with Crippen LogP contribution in [-0.4, -0.2) is 58.2 Å². The van der Waals surface area contributed by atoms with Gasteiger partial charge >= 0.3 is 6.03 Å². The number of carbonyl (C=O) groups excluding carboxylic acids is 1. The second-order valence-electron chi connectivity index (χ2n) is 6.69. The van der Waals surface area contributed by atoms with Crippen LogP contribution < -0.4 is 10.0 Å². The van der Waals surface area contributed by atoms with Gasteiger partial charge in [-0.25, -0.2) is 17.9 Å². The molecule has 0 saturated carbocycles. The molecule has 1 aromatic carbocycles. The molecule has 0 aromatic heterocycles. The van der Waals surface area contributed by atoms with Crippen LogP contribution in [0.1, 0.15) is 31.7 Å². The third-order valence-electron chi connectivity index (χ3n) is 4.69. The van der Waals surface area contributed by atoms with Crippen LogP contribution >= 0.6 is 0 Å². The first-order valence-electron chi connectivity index (χ1n) is 8.97. The summed E-state index contributed by atoms with van der Waals surface area (Å²) in [6, 6.07) is 9.03. The molecule has 0 unspecified atom stereocenters. The lowest BCUT2D eigenvalue weighted by Gasteiger charge is -2.42. The van der Waals surface area contributed by atoms with E-state index in [0.717, 1.165) is 5.56 Å². The fraction of sp³-hybridized carbons (Fsp3) is 0.611. The number of nitrogens with one attached hydrogen (secondary N) is 2. The largest absolute Gasteiger partial charge is 0.385 e. The molecule has 0 atom stereocenters. The molecule has 0 spiro atoms. The predicted octanol–water partition coefficient (Wildman–Crippen LogP) is 1.71. The highest BCUT2D eigenvalue weighted by atomic mass is 32.2. The number of sulfonamides is 1. The Hall–Kier alpha value is -1.64. The summed E-state index contributed by atoms with van der Waals surface area (Å²) in [5.41, 5.74) is 0.175. The monoisotopic (exact) mass is 383 g/mol. The number of piperidine rings is 1. The van der Waals surface area contributed by atoms with E-state index in [0.29, 0.717) is 45.5 Å². The molecule has 1 aliphatic heterocycles. The minimum Gasteiger partial charge on any atom is -0.385 e. The summed E-state index contributed by atoms with van der Waals surface area (Å²) in [4.78, 5) is 13.7. The first kappa shape index (κ1) is 20.7. The SMILES string of the molecule is CCNC(=O)N1CCC(CCOC)(NS(=O)(=O)Cc2ccccc2)CC1. The highest BCUT2D eigenvalue weighted by Crippen LogP contribution is 2.27. The number of ether oxygens (including phenoxy) is 1. The van der Waals surface area contributed by atoms with E-state index in [-0.39, 0.29) is 11.8 Å². The van der Waals surface area contributed by atoms with Crippen molar-refractivity contribution in [1.82, 2.24) is 14.9 Å². The van der Waals surface area contributed by atoms with Crippen LogP contribution in [0.25, 0.3) is 0 Å². The standard InChI is InChI=1S/C18H29N3O4S/c1-3-19-17(22)21-12-9-18(10-13-21,11-14-25-2)20-26(23,24)15-16-7-5-4-6-8-16/h4-8,20H,3,9-15H2,1-2H3,(H,19,22). The Balaban J connectivity index is 2.06. The molecule has 26 heavy (non-hydrogen) atoms. The van der Waals surface area contributed by atoms with Gasteiger partial charge in [0, 0.05) is 38.9 Å². The van der Waals surface area contributed by atoms with Gasteiger partial charge in [0.15, 0.2) is 0 Å². The molecule has 1 aliphatic rings. The maximum Gasteiger partial charge on any atom is 0.317 e. The Morgan fingerprint density at radius 1 is 1.23 bits per heavy atom. The first-order chi connectivity index (χ1) is 12.4. The number of carbonyl (C=O) groups is 1. The highest BCUT2D eigenvalue weighted by molar-refractivity contribution is 7.88. The average Bonchev–Trinajstić information content (AvgIpc) is 2.61. The number of urea groups is 1. The summed E-state index contributed by atoms with van der Waals surface area (Å²) >= 11 is 0. The molecule has 0 radical (unpaired) electrons. The van der Waals surface area contributed by atoms with Crippen molar-refractivity contribution < 1.29 is 17.9 Å². The zero-order valence-electron chi connectivity index (χ0n) is 15.5. The van der Waals surface area contributed by atoms with Gasteiger partial charge in [0.25, 0.3) is 0 Å². The van der Waals surface area contributed by atoms with Crippen molar-refractivity contribution in [2.45, 2.75) is 37.5 Å². The van der Waals surface area contributed by atoms with Crippen molar-refractivity contribution >= 4 is 16.1 Å². The smallest absolute Gasteiger partial charge is 0.317 e. The van der Waals surface area contributed by atoms with Crippen LogP contribution in [0.4, 0.5) is 4.79 Å². The summed E-state index contributed by atoms with van der Waals surface area (Å²) in [6.45, 7) is 3.96. The van der Waals surface area contributed by atoms with Crippen LogP contribution in [0.5, 0.6) is 0 Å². The van der Waals surface area contributed by atoms with Crippen molar-refractivity contribution in [2.75, 3.05) is 33.4 Å². The van der Waals surface area contributed by atoms with Crippen LogP contribution in [0.2, 0.25) is 0 Å². The molecule has 7 nitrogen and oxygen atoms in total. The number of hydrogen-bond donors (Lipinski definition) is 2. The Morgan fingerprint density at radius 3 is 2.46 bits per heavy atom. The number of amides is 2. The zero-order chi connectivity index (χ0) is 19.0. The van der Waals surface area contributed by atoms with Crippen molar-refractivity contribution in [3.63, 3.8) is 0 Å². The van der Waals surface area contributed by atoms with Crippen LogP contribution in [0.3, 0.4) is 0 Å². The molecule has 146 valence electrons. The quantitative estimate of drug-likeness (QED) is 0.715. The molecule has 1 fully saturated rings. The van der Waals surface area contributed by atoms with E-state index in [1.165, 1.54) is 0 Å². The molecule has 2 amide bonds. The highest BCUT2D eigenvalue weighted by Gasteiger charge is 2.38. The van der Waals surface area contributed by atoms with Crippen molar-refractivity contribution in [1.29, 1.82) is 0 Å². The Labute approximate surface area is 156 Å². The van der Waals surface area contributed by atoms with E-state index in [4.69, 9.17) is 4.74 Å². The second kappa shape index (κ2) is 9.34. The lowest BCUT2D eigenvalue weighted by Crippen LogP contribution is -2.57. The molecule has 0 aliphatic carbocycles. The maximum absolute atomic E-state index is 12.7. The first-order valence-corrected chi connectivity index (χ1v) is 10.6. The molecule has 2 rings (SSSR count). The fourth-order valence-corrected chi connectivity index (χ4v) is 4.93. The van der Waals surface area contributed by atoms with Gasteiger partial charge in [0.1, 0.15) is 0 Å². The predicted molar refractivity (Wildman–Crippen MR) is 101 cm³/mol. The number of methoxy groups -OCH3 is 1. The molecule has 2 N–H and O–H groups in total. The number of rotatable bonds is 8. The number of nitrogens with zero attached hydrogens (tertiary/aromatic N) is 1. The molecule has 1 aromatic rings. The van der Waals surface area contributed by atoms with E-state index in [1.807, 2.05) is 25.1 Å². The Morgan fingerprint density at radius 2 is 1.88 bits per heavy atom. The molecular formula is C18H29N3O4S. The molecule has 1 heterocycles. The van der Waals surface area contributed by atoms with E-state index >= 15 is 0 Å². The second-order valence-corrected chi connectivity index (χ2v) is 8.41. The van der Waals surface area contributed by atoms with E-state index in [1.54, 1.807) is 24.1 Å². The van der Waals surface area contributed by atoms with Crippen molar-refractivity contribution in [2.24, 2.45) is 0 Å². The van der Waals surface area contributed by atoms with Crippen molar-refractivity contribution in [3.8, 4) is 0 Å². The summed E-state index contributed by atoms with van der Waals surface area (Å²) < 4.78 is 33.5. The lowest BCUT2D eigenvalue weighted by molar-refractivity contribution is 0.115. The van der Waals surface area contributed by atoms with Gasteiger partial charge in [-0.2, -0.15) is 0 Å². The van der Waals surface area contributed by atoms with Gasteiger partial charge in [0.05, 0.1) is 5.75 Å². The molecule has 1 saturated heterocycles. The van der Waals surface area contributed by atoms with Crippen LogP contribution in [0, 0.1) is 0 Å². The third kappa shape index (κ3) is 5.96. The topological polar surface area (TPSA) is 87.7 Å². The maximum atomic E-state index is 12.7. The van der Waals surface area contributed by atoms with Gasteiger partial charge < -0.3 is 15.0 Å². The molecule has 8 heteroatoms. The average molecular weight is 384 g/mol. The Bertz CT molecular complexity index is 671. The van der Waals surface area contributed by atoms with Gasteiger partial charge in [-0.1, -0.05) is 30.3 Å². The zero-order valence-corrected chi connectivity index (χ0v) is 16.3. The fourth-order valence-electron chi connectivity index (χ4n) is 3.26. The van der Waals surface area contributed by atoms with Crippen LogP contribution in [-0.2, 0) is 20.5 Å². The lowest BCUT2D eigenvalue weighted by atomic mass is 9.86. The van der Waals surface area contributed by atoms with E-state index in [2.05, 4.69) is 10.0 Å². The normalized spacial score (nSPS) is 17.1. The summed E-state index contributed by atoms with van der Waals surface area (Å²) in [5, 5.41) is 2.79. The van der Waals surface area contributed by atoms with E-state index in [9.17, 15) is 13.2 Å². The third-order valence-corrected chi connectivity index (χ3v) is 6.15. The molecular weight excluding hydrogens is 354 g/mol. The number of hydrogen-bond acceptors (Lipinski definition) is 4. The number of benzene rings is 1. The van der Waals surface area contributed by atoms with Crippen LogP contribution in [0.15, 0.2) is 30.3 Å². The summed E-state index contributed by atoms with van der Waals surface area (Å²) in [7, 11) is -1.89. The minimum atomic E-state index is -3.50. The van der Waals surface area contributed by atoms with Gasteiger partial charge in [-0.05, 0) is 31.7 Å². The van der Waals surface area contributed by atoms with Gasteiger partial charge in [-0.3, -0.25) is 0 Å². The summed E-state index contributed by atoms with van der Waals surface area (Å²) in [6.07, 6.45) is 1.73. The van der Waals surface area contributed by atoms with Gasteiger partial charge in [-0.15, -0.1) is 0 Å². The van der Waals surface area contributed by atoms with E-state index < -0.39 is 15.6 Å².